The Hall–Kier alpha value is -0.160. The van der Waals surface area contributed by atoms with Crippen molar-refractivity contribution in [2.45, 2.75) is 31.8 Å². The predicted octanol–water partition coefficient (Wildman–Crippen LogP) is 0.130. The minimum absolute atomic E-state index is 0.216. The molecule has 0 aromatic rings. The average molecular weight is 227 g/mol. The summed E-state index contributed by atoms with van der Waals surface area (Å²) in [6.45, 7) is 11.4. The van der Waals surface area contributed by atoms with E-state index in [1.807, 2.05) is 0 Å². The maximum Gasteiger partial charge on any atom is 0.0594 e. The predicted molar refractivity (Wildman–Crippen MR) is 65.5 cm³/mol. The Labute approximate surface area is 98.7 Å². The van der Waals surface area contributed by atoms with Gasteiger partial charge in [0.15, 0.2) is 0 Å². The second-order valence-corrected chi connectivity index (χ2v) is 5.34. The molecule has 4 nitrogen and oxygen atoms in total. The van der Waals surface area contributed by atoms with E-state index in [0.29, 0.717) is 6.04 Å². The molecule has 0 bridgehead atoms. The summed E-state index contributed by atoms with van der Waals surface area (Å²) < 4.78 is 5.43. The van der Waals surface area contributed by atoms with Crippen LogP contribution in [-0.4, -0.2) is 67.3 Å². The zero-order chi connectivity index (χ0) is 11.6. The summed E-state index contributed by atoms with van der Waals surface area (Å²) in [4.78, 5) is 5.10. The van der Waals surface area contributed by atoms with Crippen molar-refractivity contribution in [2.75, 3.05) is 45.9 Å². The molecule has 2 heterocycles. The molecule has 0 amide bonds. The molecule has 1 unspecified atom stereocenters. The van der Waals surface area contributed by atoms with Gasteiger partial charge in [-0.1, -0.05) is 0 Å². The molecule has 16 heavy (non-hydrogen) atoms. The first-order valence-corrected chi connectivity index (χ1v) is 6.45. The van der Waals surface area contributed by atoms with Crippen molar-refractivity contribution in [3.05, 3.63) is 0 Å². The second-order valence-electron chi connectivity index (χ2n) is 5.34. The maximum atomic E-state index is 6.05. The molecular formula is C12H25N3O. The van der Waals surface area contributed by atoms with Crippen LogP contribution in [0.25, 0.3) is 0 Å². The van der Waals surface area contributed by atoms with Crippen LogP contribution in [0, 0.1) is 0 Å². The van der Waals surface area contributed by atoms with Gasteiger partial charge in [-0.3, -0.25) is 9.80 Å². The van der Waals surface area contributed by atoms with Crippen LogP contribution in [0.2, 0.25) is 0 Å². The smallest absolute Gasteiger partial charge is 0.0594 e. The number of hydrogen-bond donors (Lipinski definition) is 1. The molecule has 0 aliphatic carbocycles. The summed E-state index contributed by atoms with van der Waals surface area (Å²) in [5.74, 6) is 0. The lowest BCUT2D eigenvalue weighted by Gasteiger charge is -2.42. The first-order valence-electron chi connectivity index (χ1n) is 6.45. The van der Waals surface area contributed by atoms with Gasteiger partial charge in [0.25, 0.3) is 0 Å². The van der Waals surface area contributed by atoms with Gasteiger partial charge in [-0.25, -0.2) is 0 Å². The molecule has 2 aliphatic rings. The van der Waals surface area contributed by atoms with Crippen LogP contribution < -0.4 is 5.73 Å². The molecule has 0 spiro atoms. The van der Waals surface area contributed by atoms with Gasteiger partial charge in [0.1, 0.15) is 0 Å². The Morgan fingerprint density at radius 3 is 2.44 bits per heavy atom. The molecule has 0 radical (unpaired) electrons. The van der Waals surface area contributed by atoms with Gasteiger partial charge < -0.3 is 10.5 Å². The standard InChI is InChI=1S/C12H25N3O/c1-11(2)14-4-3-12(9-13,10-14)15-5-7-16-8-6-15/h11H,3-10,13H2,1-2H3. The van der Waals surface area contributed by atoms with Crippen molar-refractivity contribution in [2.24, 2.45) is 5.73 Å². The lowest BCUT2D eigenvalue weighted by Crippen LogP contribution is -2.59. The largest absolute Gasteiger partial charge is 0.379 e. The summed E-state index contributed by atoms with van der Waals surface area (Å²) >= 11 is 0. The van der Waals surface area contributed by atoms with Gasteiger partial charge >= 0.3 is 0 Å². The summed E-state index contributed by atoms with van der Waals surface area (Å²) in [5.41, 5.74) is 6.27. The van der Waals surface area contributed by atoms with Crippen LogP contribution in [0.5, 0.6) is 0 Å². The molecule has 1 atom stereocenters. The third-order valence-electron chi connectivity index (χ3n) is 4.15. The van der Waals surface area contributed by atoms with E-state index in [0.717, 1.165) is 39.4 Å². The van der Waals surface area contributed by atoms with Crippen molar-refractivity contribution in [1.82, 2.24) is 9.80 Å². The van der Waals surface area contributed by atoms with Crippen molar-refractivity contribution < 1.29 is 4.74 Å². The van der Waals surface area contributed by atoms with Crippen LogP contribution in [0.15, 0.2) is 0 Å². The van der Waals surface area contributed by atoms with Crippen LogP contribution in [0.4, 0.5) is 0 Å². The minimum atomic E-state index is 0.216. The number of morpholine rings is 1. The van der Waals surface area contributed by atoms with Crippen LogP contribution in [0.1, 0.15) is 20.3 Å². The third-order valence-corrected chi connectivity index (χ3v) is 4.15. The second kappa shape index (κ2) is 5.00. The number of ether oxygens (including phenoxy) is 1. The first kappa shape index (κ1) is 12.3. The lowest BCUT2D eigenvalue weighted by molar-refractivity contribution is -0.0170. The van der Waals surface area contributed by atoms with Gasteiger partial charge in [-0.05, 0) is 20.3 Å². The third kappa shape index (κ3) is 2.25. The summed E-state index contributed by atoms with van der Waals surface area (Å²) in [7, 11) is 0. The van der Waals surface area contributed by atoms with Crippen LogP contribution in [0.3, 0.4) is 0 Å². The van der Waals surface area contributed by atoms with Crippen molar-refractivity contribution >= 4 is 0 Å². The van der Waals surface area contributed by atoms with Gasteiger partial charge in [-0.2, -0.15) is 0 Å². The maximum absolute atomic E-state index is 6.05. The van der Waals surface area contributed by atoms with E-state index in [9.17, 15) is 0 Å². The molecule has 2 fully saturated rings. The summed E-state index contributed by atoms with van der Waals surface area (Å²) in [5, 5.41) is 0. The van der Waals surface area contributed by atoms with E-state index in [1.54, 1.807) is 0 Å². The molecule has 2 N–H and O–H groups in total. The molecule has 2 aliphatic heterocycles. The number of rotatable bonds is 3. The van der Waals surface area contributed by atoms with E-state index in [1.165, 1.54) is 13.0 Å². The van der Waals surface area contributed by atoms with E-state index < -0.39 is 0 Å². The van der Waals surface area contributed by atoms with E-state index >= 15 is 0 Å². The molecule has 4 heteroatoms. The highest BCUT2D eigenvalue weighted by Gasteiger charge is 2.42. The van der Waals surface area contributed by atoms with Gasteiger partial charge in [0, 0.05) is 44.3 Å². The van der Waals surface area contributed by atoms with Crippen LogP contribution in [-0.2, 0) is 4.74 Å². The average Bonchev–Trinajstić information content (AvgIpc) is 2.76. The minimum Gasteiger partial charge on any atom is -0.379 e. The first-order chi connectivity index (χ1) is 7.68. The number of hydrogen-bond acceptors (Lipinski definition) is 4. The lowest BCUT2D eigenvalue weighted by atomic mass is 9.95. The molecule has 0 saturated carbocycles. The van der Waals surface area contributed by atoms with Crippen molar-refractivity contribution in [3.8, 4) is 0 Å². The Morgan fingerprint density at radius 1 is 1.25 bits per heavy atom. The molecule has 0 aromatic carbocycles. The summed E-state index contributed by atoms with van der Waals surface area (Å²) in [6, 6.07) is 0.634. The van der Waals surface area contributed by atoms with Crippen molar-refractivity contribution in [3.63, 3.8) is 0 Å². The fraction of sp³-hybridized carbons (Fsp3) is 1.00. The Bertz CT molecular complexity index is 228. The normalized spacial score (nSPS) is 33.8. The van der Waals surface area contributed by atoms with Crippen LogP contribution >= 0.6 is 0 Å². The Balaban J connectivity index is 2.02. The zero-order valence-electron chi connectivity index (χ0n) is 10.6. The van der Waals surface area contributed by atoms with E-state index in [-0.39, 0.29) is 5.54 Å². The van der Waals surface area contributed by atoms with E-state index in [2.05, 4.69) is 23.6 Å². The number of nitrogens with two attached hydrogens (primary N) is 1. The highest BCUT2D eigenvalue weighted by Crippen LogP contribution is 2.29. The molecule has 0 aromatic heterocycles. The fourth-order valence-electron chi connectivity index (χ4n) is 2.92. The summed E-state index contributed by atoms with van der Waals surface area (Å²) in [6.07, 6.45) is 1.21. The highest BCUT2D eigenvalue weighted by molar-refractivity contribution is 5.01. The van der Waals surface area contributed by atoms with Gasteiger partial charge in [0.05, 0.1) is 13.2 Å². The quantitative estimate of drug-likeness (QED) is 0.744. The zero-order valence-corrected chi connectivity index (χ0v) is 10.6. The highest BCUT2D eigenvalue weighted by atomic mass is 16.5. The number of likely N-dealkylation sites (tertiary alicyclic amines) is 1. The number of nitrogens with zero attached hydrogens (tertiary/aromatic N) is 2. The van der Waals surface area contributed by atoms with Crippen molar-refractivity contribution in [1.29, 1.82) is 0 Å². The SMILES string of the molecule is CC(C)N1CCC(CN)(N2CCOCC2)C1. The Morgan fingerprint density at radius 2 is 1.94 bits per heavy atom. The molecule has 94 valence electrons. The molecule has 2 saturated heterocycles. The topological polar surface area (TPSA) is 41.7 Å². The van der Waals surface area contributed by atoms with Gasteiger partial charge in [0.2, 0.25) is 0 Å². The van der Waals surface area contributed by atoms with E-state index in [4.69, 9.17) is 10.5 Å². The fourth-order valence-corrected chi connectivity index (χ4v) is 2.92. The molecule has 2 rings (SSSR count). The molecular weight excluding hydrogens is 202 g/mol. The van der Waals surface area contributed by atoms with Gasteiger partial charge in [-0.15, -0.1) is 0 Å². The Kier molecular flexibility index (Phi) is 3.85. The monoisotopic (exact) mass is 227 g/mol.